The number of hydrogen-bond acceptors (Lipinski definition) is 5. The number of sulfonamides is 1. The average molecular weight is 483 g/mol. The van der Waals surface area contributed by atoms with E-state index in [1.165, 1.54) is 16.4 Å². The standard InChI is InChI=1S/C20H23BrN2O5S/c1-14-11-23(12-15(2)28-14)29(25,26)19-9-5-17(6-10-19)22-20(24)13-27-18-7-3-16(21)4-8-18/h3-10,14-15H,11-13H2,1-2H3,(H,22,24)/t14-,15-/m0/s1. The van der Waals surface area contributed by atoms with Crippen LogP contribution in [0, 0.1) is 0 Å². The second-order valence-corrected chi connectivity index (χ2v) is 9.75. The van der Waals surface area contributed by atoms with Gasteiger partial charge in [0.15, 0.2) is 6.61 Å². The summed E-state index contributed by atoms with van der Waals surface area (Å²) in [6.07, 6.45) is -0.310. The summed E-state index contributed by atoms with van der Waals surface area (Å²) in [5.74, 6) is 0.248. The number of nitrogens with zero attached hydrogens (tertiary/aromatic N) is 1. The van der Waals surface area contributed by atoms with Crippen molar-refractivity contribution in [2.45, 2.75) is 31.0 Å². The molecule has 3 rings (SSSR count). The van der Waals surface area contributed by atoms with E-state index in [9.17, 15) is 13.2 Å². The SMILES string of the molecule is C[C@H]1CN(S(=O)(=O)c2ccc(NC(=O)COc3ccc(Br)cc3)cc2)C[C@H](C)O1. The van der Waals surface area contributed by atoms with Gasteiger partial charge in [0, 0.05) is 23.2 Å². The molecule has 0 aliphatic carbocycles. The van der Waals surface area contributed by atoms with E-state index in [4.69, 9.17) is 9.47 Å². The smallest absolute Gasteiger partial charge is 0.262 e. The van der Waals surface area contributed by atoms with Crippen molar-refractivity contribution in [3.05, 3.63) is 53.0 Å². The lowest BCUT2D eigenvalue weighted by Gasteiger charge is -2.34. The number of morpholine rings is 1. The molecule has 29 heavy (non-hydrogen) atoms. The van der Waals surface area contributed by atoms with Crippen molar-refractivity contribution in [2.75, 3.05) is 25.0 Å². The number of halogens is 1. The highest BCUT2D eigenvalue weighted by Gasteiger charge is 2.32. The predicted molar refractivity (Wildman–Crippen MR) is 113 cm³/mol. The number of carbonyl (C=O) groups is 1. The van der Waals surface area contributed by atoms with Crippen LogP contribution in [0.5, 0.6) is 5.75 Å². The first-order chi connectivity index (χ1) is 13.7. The number of anilines is 1. The molecule has 1 N–H and O–H groups in total. The summed E-state index contributed by atoms with van der Waals surface area (Å²) in [6, 6.07) is 13.3. The van der Waals surface area contributed by atoms with Gasteiger partial charge in [0.25, 0.3) is 5.91 Å². The van der Waals surface area contributed by atoms with Crippen LogP contribution in [-0.2, 0) is 19.6 Å². The van der Waals surface area contributed by atoms with E-state index in [1.807, 2.05) is 26.0 Å². The molecule has 9 heteroatoms. The Balaban J connectivity index is 1.59. The predicted octanol–water partition coefficient (Wildman–Crippen LogP) is 3.26. The van der Waals surface area contributed by atoms with Crippen molar-refractivity contribution in [1.29, 1.82) is 0 Å². The van der Waals surface area contributed by atoms with Crippen molar-refractivity contribution in [3.8, 4) is 5.75 Å². The van der Waals surface area contributed by atoms with Crippen LogP contribution in [-0.4, -0.2) is 50.5 Å². The highest BCUT2D eigenvalue weighted by molar-refractivity contribution is 9.10. The molecule has 1 saturated heterocycles. The Morgan fingerprint density at radius 1 is 1.10 bits per heavy atom. The van der Waals surface area contributed by atoms with Gasteiger partial charge in [-0.15, -0.1) is 0 Å². The number of benzene rings is 2. The number of ether oxygens (including phenoxy) is 2. The molecule has 0 spiro atoms. The highest BCUT2D eigenvalue weighted by atomic mass is 79.9. The van der Waals surface area contributed by atoms with Gasteiger partial charge in [-0.1, -0.05) is 15.9 Å². The monoisotopic (exact) mass is 482 g/mol. The summed E-state index contributed by atoms with van der Waals surface area (Å²) in [5.41, 5.74) is 0.497. The molecule has 2 aromatic carbocycles. The van der Waals surface area contributed by atoms with E-state index < -0.39 is 10.0 Å². The van der Waals surface area contributed by atoms with E-state index in [1.54, 1.807) is 24.3 Å². The van der Waals surface area contributed by atoms with Gasteiger partial charge in [-0.3, -0.25) is 4.79 Å². The lowest BCUT2D eigenvalue weighted by atomic mass is 10.3. The second-order valence-electron chi connectivity index (χ2n) is 6.89. The lowest BCUT2D eigenvalue weighted by molar-refractivity contribution is -0.118. The molecule has 0 saturated carbocycles. The molecule has 1 aliphatic rings. The zero-order valence-electron chi connectivity index (χ0n) is 16.2. The number of carbonyl (C=O) groups excluding carboxylic acids is 1. The molecule has 1 amide bonds. The van der Waals surface area contributed by atoms with Crippen LogP contribution >= 0.6 is 15.9 Å². The lowest BCUT2D eigenvalue weighted by Crippen LogP contribution is -2.48. The summed E-state index contributed by atoms with van der Waals surface area (Å²) in [4.78, 5) is 12.3. The third-order valence-electron chi connectivity index (χ3n) is 4.35. The Kier molecular flexibility index (Phi) is 6.94. The van der Waals surface area contributed by atoms with E-state index in [-0.39, 0.29) is 29.6 Å². The van der Waals surface area contributed by atoms with Gasteiger partial charge in [0.2, 0.25) is 10.0 Å². The quantitative estimate of drug-likeness (QED) is 0.682. The molecule has 1 heterocycles. The van der Waals surface area contributed by atoms with Gasteiger partial charge in [0.1, 0.15) is 5.75 Å². The minimum absolute atomic E-state index is 0.148. The summed E-state index contributed by atoms with van der Waals surface area (Å²) < 4.78 is 39.1. The molecule has 7 nitrogen and oxygen atoms in total. The normalized spacial score (nSPS) is 20.2. The van der Waals surface area contributed by atoms with Crippen LogP contribution in [0.15, 0.2) is 57.9 Å². The third kappa shape index (κ3) is 5.79. The van der Waals surface area contributed by atoms with Gasteiger partial charge in [-0.2, -0.15) is 4.31 Å². The fourth-order valence-electron chi connectivity index (χ4n) is 3.06. The number of nitrogens with one attached hydrogen (secondary N) is 1. The summed E-state index contributed by atoms with van der Waals surface area (Å²) in [7, 11) is -3.61. The fourth-order valence-corrected chi connectivity index (χ4v) is 4.92. The number of rotatable bonds is 6. The Bertz CT molecular complexity index is 938. The van der Waals surface area contributed by atoms with Crippen LogP contribution in [0.2, 0.25) is 0 Å². The maximum absolute atomic E-state index is 12.9. The maximum atomic E-state index is 12.9. The first-order valence-electron chi connectivity index (χ1n) is 9.18. The molecule has 1 aliphatic heterocycles. The van der Waals surface area contributed by atoms with Gasteiger partial charge in [-0.25, -0.2) is 8.42 Å². The Labute approximate surface area is 179 Å². The summed E-state index contributed by atoms with van der Waals surface area (Å²) in [6.45, 7) is 4.20. The molecule has 0 radical (unpaired) electrons. The number of hydrogen-bond donors (Lipinski definition) is 1. The third-order valence-corrected chi connectivity index (χ3v) is 6.72. The van der Waals surface area contributed by atoms with Crippen molar-refractivity contribution < 1.29 is 22.7 Å². The molecule has 0 bridgehead atoms. The van der Waals surface area contributed by atoms with E-state index in [0.717, 1.165) is 4.47 Å². The maximum Gasteiger partial charge on any atom is 0.262 e. The van der Waals surface area contributed by atoms with Gasteiger partial charge in [-0.05, 0) is 62.4 Å². The highest BCUT2D eigenvalue weighted by Crippen LogP contribution is 2.22. The topological polar surface area (TPSA) is 84.9 Å². The van der Waals surface area contributed by atoms with Crippen LogP contribution < -0.4 is 10.1 Å². The van der Waals surface area contributed by atoms with E-state index in [2.05, 4.69) is 21.2 Å². The minimum atomic E-state index is -3.61. The molecule has 2 atom stereocenters. The van der Waals surface area contributed by atoms with Crippen molar-refractivity contribution >= 4 is 37.5 Å². The average Bonchev–Trinajstić information content (AvgIpc) is 2.67. The second kappa shape index (κ2) is 9.25. The molecule has 0 unspecified atom stereocenters. The molecular formula is C20H23BrN2O5S. The van der Waals surface area contributed by atoms with Crippen LogP contribution in [0.3, 0.4) is 0 Å². The molecule has 2 aromatic rings. The largest absolute Gasteiger partial charge is 0.484 e. The van der Waals surface area contributed by atoms with Gasteiger partial charge < -0.3 is 14.8 Å². The van der Waals surface area contributed by atoms with Gasteiger partial charge in [0.05, 0.1) is 17.1 Å². The molecule has 0 aromatic heterocycles. The fraction of sp³-hybridized carbons (Fsp3) is 0.350. The molecular weight excluding hydrogens is 460 g/mol. The molecule has 1 fully saturated rings. The van der Waals surface area contributed by atoms with Crippen LogP contribution in [0.4, 0.5) is 5.69 Å². The summed E-state index contributed by atoms with van der Waals surface area (Å²) in [5, 5.41) is 2.69. The van der Waals surface area contributed by atoms with Gasteiger partial charge >= 0.3 is 0 Å². The van der Waals surface area contributed by atoms with Crippen molar-refractivity contribution in [1.82, 2.24) is 4.31 Å². The van der Waals surface area contributed by atoms with Crippen LogP contribution in [0.25, 0.3) is 0 Å². The van der Waals surface area contributed by atoms with E-state index >= 15 is 0 Å². The van der Waals surface area contributed by atoms with Crippen LogP contribution in [0.1, 0.15) is 13.8 Å². The Hall–Kier alpha value is -1.94. The zero-order chi connectivity index (χ0) is 21.0. The summed E-state index contributed by atoms with van der Waals surface area (Å²) >= 11 is 3.33. The Morgan fingerprint density at radius 3 is 2.28 bits per heavy atom. The Morgan fingerprint density at radius 2 is 1.69 bits per heavy atom. The number of amides is 1. The van der Waals surface area contributed by atoms with E-state index in [0.29, 0.717) is 24.5 Å². The zero-order valence-corrected chi connectivity index (χ0v) is 18.6. The first kappa shape index (κ1) is 21.8. The van der Waals surface area contributed by atoms with Crippen molar-refractivity contribution in [3.63, 3.8) is 0 Å². The minimum Gasteiger partial charge on any atom is -0.484 e. The molecule has 156 valence electrons. The first-order valence-corrected chi connectivity index (χ1v) is 11.4. The van der Waals surface area contributed by atoms with Crippen molar-refractivity contribution in [2.24, 2.45) is 0 Å².